The number of nitrogens with one attached hydrogen (secondary N) is 2. The summed E-state index contributed by atoms with van der Waals surface area (Å²) in [5.41, 5.74) is 0.739. The molecule has 0 bridgehead atoms. The minimum Gasteiger partial charge on any atom is -0.508 e. The van der Waals surface area contributed by atoms with Crippen LogP contribution in [-0.4, -0.2) is 24.1 Å². The van der Waals surface area contributed by atoms with Crippen LogP contribution in [0.2, 0.25) is 0 Å². The molecule has 0 spiro atoms. The van der Waals surface area contributed by atoms with Crippen LogP contribution in [0.1, 0.15) is 18.4 Å². The Hall–Kier alpha value is -1.55. The van der Waals surface area contributed by atoms with E-state index in [0.717, 1.165) is 18.0 Å². The minimum absolute atomic E-state index is 0.0334. The Morgan fingerprint density at radius 1 is 1.35 bits per heavy atom. The van der Waals surface area contributed by atoms with E-state index in [4.69, 9.17) is 0 Å². The molecule has 2 rings (SSSR count). The fourth-order valence-electron chi connectivity index (χ4n) is 1.63. The van der Waals surface area contributed by atoms with E-state index in [0.29, 0.717) is 13.1 Å². The summed E-state index contributed by atoms with van der Waals surface area (Å²) in [5.74, 6) is 0.966. The lowest BCUT2D eigenvalue weighted by molar-refractivity contribution is -0.120. The van der Waals surface area contributed by atoms with Crippen molar-refractivity contribution >= 4 is 5.91 Å². The number of carbonyl (C=O) groups excluding carboxylic acids is 1. The Morgan fingerprint density at radius 2 is 2.12 bits per heavy atom. The first-order valence-electron chi connectivity index (χ1n) is 6.00. The van der Waals surface area contributed by atoms with Gasteiger partial charge in [0.2, 0.25) is 5.91 Å². The molecule has 3 N–H and O–H groups in total. The summed E-state index contributed by atoms with van der Waals surface area (Å²) in [7, 11) is 0. The summed E-state index contributed by atoms with van der Waals surface area (Å²) in [6.45, 7) is 1.66. The van der Waals surface area contributed by atoms with Crippen LogP contribution in [-0.2, 0) is 11.3 Å². The second-order valence-corrected chi connectivity index (χ2v) is 4.48. The molecule has 1 aliphatic carbocycles. The van der Waals surface area contributed by atoms with E-state index in [2.05, 4.69) is 10.6 Å². The van der Waals surface area contributed by atoms with Gasteiger partial charge in [0.1, 0.15) is 5.75 Å². The van der Waals surface area contributed by atoms with E-state index in [1.165, 1.54) is 12.8 Å². The molecule has 4 heteroatoms. The molecule has 1 aliphatic rings. The van der Waals surface area contributed by atoms with Gasteiger partial charge in [0.15, 0.2) is 0 Å². The lowest BCUT2D eigenvalue weighted by Crippen LogP contribution is -2.34. The molecule has 0 aliphatic heterocycles. The van der Waals surface area contributed by atoms with Crippen molar-refractivity contribution in [1.82, 2.24) is 10.6 Å². The number of hydrogen-bond acceptors (Lipinski definition) is 3. The van der Waals surface area contributed by atoms with Crippen LogP contribution in [0.3, 0.4) is 0 Å². The van der Waals surface area contributed by atoms with Crippen molar-refractivity contribution in [2.75, 3.05) is 13.1 Å². The van der Waals surface area contributed by atoms with Crippen molar-refractivity contribution in [2.24, 2.45) is 5.92 Å². The van der Waals surface area contributed by atoms with E-state index in [1.54, 1.807) is 18.2 Å². The first kappa shape index (κ1) is 11.9. The predicted molar refractivity (Wildman–Crippen MR) is 65.5 cm³/mol. The number of rotatable bonds is 6. The fraction of sp³-hybridized carbons (Fsp3) is 0.462. The molecule has 92 valence electrons. The Labute approximate surface area is 101 Å². The standard InChI is InChI=1S/C13H18N2O2/c16-12-4-2-1-3-11(12)8-15-13(17)9-14-7-10-5-6-10/h1-4,10,14,16H,5-9H2,(H,15,17). The van der Waals surface area contributed by atoms with Gasteiger partial charge in [-0.15, -0.1) is 0 Å². The molecule has 17 heavy (non-hydrogen) atoms. The quantitative estimate of drug-likeness (QED) is 0.688. The van der Waals surface area contributed by atoms with Crippen molar-refractivity contribution in [3.05, 3.63) is 29.8 Å². The summed E-state index contributed by atoms with van der Waals surface area (Å²) in [6.07, 6.45) is 2.57. The molecule has 1 amide bonds. The van der Waals surface area contributed by atoms with Crippen LogP contribution >= 0.6 is 0 Å². The average molecular weight is 234 g/mol. The number of benzene rings is 1. The number of amides is 1. The second kappa shape index (κ2) is 5.68. The first-order valence-corrected chi connectivity index (χ1v) is 6.00. The third-order valence-electron chi connectivity index (χ3n) is 2.88. The molecule has 1 aromatic carbocycles. The summed E-state index contributed by atoms with van der Waals surface area (Å²) in [4.78, 5) is 11.5. The Balaban J connectivity index is 1.66. The SMILES string of the molecule is O=C(CNCC1CC1)NCc1ccccc1O. The Kier molecular flexibility index (Phi) is 3.98. The van der Waals surface area contributed by atoms with Gasteiger partial charge in [0.05, 0.1) is 6.54 Å². The van der Waals surface area contributed by atoms with E-state index in [9.17, 15) is 9.90 Å². The van der Waals surface area contributed by atoms with Gasteiger partial charge in [0.25, 0.3) is 0 Å². The normalized spacial score (nSPS) is 14.6. The van der Waals surface area contributed by atoms with Gasteiger partial charge >= 0.3 is 0 Å². The highest BCUT2D eigenvalue weighted by Crippen LogP contribution is 2.27. The second-order valence-electron chi connectivity index (χ2n) is 4.48. The molecule has 1 fully saturated rings. The van der Waals surface area contributed by atoms with Crippen molar-refractivity contribution in [3.8, 4) is 5.75 Å². The third-order valence-corrected chi connectivity index (χ3v) is 2.88. The van der Waals surface area contributed by atoms with E-state index >= 15 is 0 Å². The molecular formula is C13H18N2O2. The van der Waals surface area contributed by atoms with Gasteiger partial charge < -0.3 is 15.7 Å². The maximum atomic E-state index is 11.5. The molecule has 4 nitrogen and oxygen atoms in total. The zero-order valence-electron chi connectivity index (χ0n) is 9.78. The monoisotopic (exact) mass is 234 g/mol. The van der Waals surface area contributed by atoms with Gasteiger partial charge in [-0.1, -0.05) is 18.2 Å². The lowest BCUT2D eigenvalue weighted by Gasteiger charge is -2.07. The van der Waals surface area contributed by atoms with Crippen LogP contribution in [0.5, 0.6) is 5.75 Å². The zero-order valence-corrected chi connectivity index (χ0v) is 9.78. The maximum absolute atomic E-state index is 11.5. The number of phenols is 1. The van der Waals surface area contributed by atoms with Crippen molar-refractivity contribution in [2.45, 2.75) is 19.4 Å². The van der Waals surface area contributed by atoms with E-state index in [-0.39, 0.29) is 11.7 Å². The summed E-state index contributed by atoms with van der Waals surface area (Å²) < 4.78 is 0. The highest BCUT2D eigenvalue weighted by atomic mass is 16.3. The van der Waals surface area contributed by atoms with Gasteiger partial charge in [-0.05, 0) is 31.4 Å². The fourth-order valence-corrected chi connectivity index (χ4v) is 1.63. The largest absolute Gasteiger partial charge is 0.508 e. The van der Waals surface area contributed by atoms with Crippen molar-refractivity contribution in [1.29, 1.82) is 0 Å². The van der Waals surface area contributed by atoms with Crippen LogP contribution in [0, 0.1) is 5.92 Å². The van der Waals surface area contributed by atoms with Gasteiger partial charge in [-0.2, -0.15) is 0 Å². The van der Waals surface area contributed by atoms with Gasteiger partial charge in [-0.25, -0.2) is 0 Å². The first-order chi connectivity index (χ1) is 8.25. The van der Waals surface area contributed by atoms with Crippen LogP contribution in [0.4, 0.5) is 0 Å². The van der Waals surface area contributed by atoms with Crippen molar-refractivity contribution in [3.63, 3.8) is 0 Å². The minimum atomic E-state index is -0.0334. The van der Waals surface area contributed by atoms with Crippen LogP contribution < -0.4 is 10.6 Å². The number of para-hydroxylation sites is 1. The van der Waals surface area contributed by atoms with E-state index < -0.39 is 0 Å². The molecular weight excluding hydrogens is 216 g/mol. The number of carbonyl (C=O) groups is 1. The van der Waals surface area contributed by atoms with Gasteiger partial charge in [0, 0.05) is 12.1 Å². The predicted octanol–water partition coefficient (Wildman–Crippen LogP) is 1.01. The molecule has 0 heterocycles. The summed E-state index contributed by atoms with van der Waals surface area (Å²) in [5, 5.41) is 15.4. The molecule has 0 aromatic heterocycles. The molecule has 0 radical (unpaired) electrons. The molecule has 1 saturated carbocycles. The summed E-state index contributed by atoms with van der Waals surface area (Å²) in [6, 6.07) is 7.02. The molecule has 0 saturated heterocycles. The Morgan fingerprint density at radius 3 is 2.82 bits per heavy atom. The van der Waals surface area contributed by atoms with Crippen LogP contribution in [0.15, 0.2) is 24.3 Å². The summed E-state index contributed by atoms with van der Waals surface area (Å²) >= 11 is 0. The van der Waals surface area contributed by atoms with Crippen molar-refractivity contribution < 1.29 is 9.90 Å². The van der Waals surface area contributed by atoms with E-state index in [1.807, 2.05) is 6.07 Å². The number of hydrogen-bond donors (Lipinski definition) is 3. The topological polar surface area (TPSA) is 61.4 Å². The Bertz CT molecular complexity index is 389. The smallest absolute Gasteiger partial charge is 0.234 e. The average Bonchev–Trinajstić information content (AvgIpc) is 3.12. The number of aromatic hydroxyl groups is 1. The maximum Gasteiger partial charge on any atom is 0.234 e. The molecule has 0 atom stereocenters. The lowest BCUT2D eigenvalue weighted by atomic mass is 10.2. The number of phenolic OH excluding ortho intramolecular Hbond substituents is 1. The van der Waals surface area contributed by atoms with Gasteiger partial charge in [-0.3, -0.25) is 4.79 Å². The highest BCUT2D eigenvalue weighted by Gasteiger charge is 2.20. The highest BCUT2D eigenvalue weighted by molar-refractivity contribution is 5.78. The molecule has 0 unspecified atom stereocenters. The third kappa shape index (κ3) is 4.07. The zero-order chi connectivity index (χ0) is 12.1. The van der Waals surface area contributed by atoms with Crippen LogP contribution in [0.25, 0.3) is 0 Å². The molecule has 1 aromatic rings.